The van der Waals surface area contributed by atoms with Crippen LogP contribution in [-0.4, -0.2) is 11.2 Å². The van der Waals surface area contributed by atoms with Gasteiger partial charge < -0.3 is 5.32 Å². The Kier molecular flexibility index (Phi) is 4.47. The van der Waals surface area contributed by atoms with Gasteiger partial charge in [0.2, 0.25) is 0 Å². The molecule has 1 heterocycles. The molecule has 0 amide bonds. The first-order chi connectivity index (χ1) is 9.65. The molecule has 0 radical (unpaired) electrons. The number of nitro groups is 1. The van der Waals surface area contributed by atoms with E-state index in [0.717, 1.165) is 6.42 Å². The lowest BCUT2D eigenvalue weighted by atomic mass is 10.1. The number of nitrogens with zero attached hydrogens (tertiary/aromatic N) is 1. The van der Waals surface area contributed by atoms with Crippen molar-refractivity contribution < 1.29 is 9.72 Å². The van der Waals surface area contributed by atoms with Gasteiger partial charge in [-0.15, -0.1) is 11.3 Å². The number of hydrogen-bond donors (Lipinski definition) is 1. The minimum absolute atomic E-state index is 0.0794. The Bertz CT molecular complexity index is 637. The summed E-state index contributed by atoms with van der Waals surface area (Å²) in [5.74, 6) is 0. The minimum atomic E-state index is -0.482. The molecule has 0 spiro atoms. The molecule has 0 saturated heterocycles. The molecule has 0 saturated carbocycles. The maximum atomic E-state index is 11.0. The third-order valence-corrected chi connectivity index (χ3v) is 3.98. The third-order valence-electron chi connectivity index (χ3n) is 3.01. The zero-order chi connectivity index (χ0) is 14.5. The molecular weight excluding hydrogens is 276 g/mol. The van der Waals surface area contributed by atoms with E-state index < -0.39 is 4.92 Å². The highest BCUT2D eigenvalue weighted by Crippen LogP contribution is 2.27. The number of carbonyl (C=O) groups is 1. The number of benzene rings is 1. The predicted molar refractivity (Wildman–Crippen MR) is 79.5 cm³/mol. The molecule has 2 aromatic rings. The maximum absolute atomic E-state index is 11.0. The molecule has 2 rings (SSSR count). The monoisotopic (exact) mass is 290 g/mol. The SMILES string of the molecule is CCc1ccsc1CNc1ccc(C=O)cc1[N+](=O)[O-]. The second kappa shape index (κ2) is 6.29. The van der Waals surface area contributed by atoms with E-state index in [4.69, 9.17) is 0 Å². The van der Waals surface area contributed by atoms with Crippen LogP contribution < -0.4 is 5.32 Å². The Morgan fingerprint density at radius 1 is 1.40 bits per heavy atom. The molecule has 6 heteroatoms. The Balaban J connectivity index is 2.21. The number of rotatable bonds is 6. The summed E-state index contributed by atoms with van der Waals surface area (Å²) in [6.45, 7) is 2.62. The van der Waals surface area contributed by atoms with Gasteiger partial charge in [0, 0.05) is 23.1 Å². The van der Waals surface area contributed by atoms with Crippen LogP contribution in [0.25, 0.3) is 0 Å². The van der Waals surface area contributed by atoms with Crippen LogP contribution in [0.4, 0.5) is 11.4 Å². The number of carbonyl (C=O) groups excluding carboxylic acids is 1. The second-order valence-electron chi connectivity index (χ2n) is 4.23. The number of nitro benzene ring substituents is 1. The molecule has 104 valence electrons. The van der Waals surface area contributed by atoms with Gasteiger partial charge in [0.25, 0.3) is 5.69 Å². The maximum Gasteiger partial charge on any atom is 0.293 e. The Morgan fingerprint density at radius 2 is 2.20 bits per heavy atom. The van der Waals surface area contributed by atoms with Crippen LogP contribution in [0.15, 0.2) is 29.6 Å². The van der Waals surface area contributed by atoms with Gasteiger partial charge in [0.05, 0.1) is 4.92 Å². The van der Waals surface area contributed by atoms with Crippen molar-refractivity contribution in [1.29, 1.82) is 0 Å². The van der Waals surface area contributed by atoms with E-state index in [1.807, 2.05) is 5.38 Å². The van der Waals surface area contributed by atoms with Gasteiger partial charge in [-0.25, -0.2) is 0 Å². The molecular formula is C14H14N2O3S. The average Bonchev–Trinajstić information content (AvgIpc) is 2.92. The lowest BCUT2D eigenvalue weighted by molar-refractivity contribution is -0.384. The summed E-state index contributed by atoms with van der Waals surface area (Å²) < 4.78 is 0. The number of thiophene rings is 1. The average molecular weight is 290 g/mol. The van der Waals surface area contributed by atoms with Crippen LogP contribution in [0, 0.1) is 10.1 Å². The zero-order valence-electron chi connectivity index (χ0n) is 11.0. The molecule has 1 aromatic heterocycles. The van der Waals surface area contributed by atoms with Gasteiger partial charge in [-0.3, -0.25) is 14.9 Å². The van der Waals surface area contributed by atoms with Crippen molar-refractivity contribution in [2.45, 2.75) is 19.9 Å². The fourth-order valence-electron chi connectivity index (χ4n) is 1.94. The Labute approximate surface area is 120 Å². The fraction of sp³-hybridized carbons (Fsp3) is 0.214. The lowest BCUT2D eigenvalue weighted by Crippen LogP contribution is -2.03. The summed E-state index contributed by atoms with van der Waals surface area (Å²) in [7, 11) is 0. The van der Waals surface area contributed by atoms with Gasteiger partial charge in [-0.05, 0) is 35.6 Å². The third kappa shape index (κ3) is 3.03. The van der Waals surface area contributed by atoms with Crippen molar-refractivity contribution in [2.24, 2.45) is 0 Å². The summed E-state index contributed by atoms with van der Waals surface area (Å²) >= 11 is 1.63. The van der Waals surface area contributed by atoms with E-state index in [9.17, 15) is 14.9 Å². The first kappa shape index (κ1) is 14.2. The first-order valence-electron chi connectivity index (χ1n) is 6.18. The largest absolute Gasteiger partial charge is 0.375 e. The molecule has 5 nitrogen and oxygen atoms in total. The highest BCUT2D eigenvalue weighted by Gasteiger charge is 2.14. The number of aldehydes is 1. The molecule has 1 aromatic carbocycles. The lowest BCUT2D eigenvalue weighted by Gasteiger charge is -2.07. The molecule has 1 N–H and O–H groups in total. The molecule has 0 fully saturated rings. The van der Waals surface area contributed by atoms with E-state index in [1.165, 1.54) is 16.5 Å². The van der Waals surface area contributed by atoms with Gasteiger partial charge in [0.1, 0.15) is 12.0 Å². The van der Waals surface area contributed by atoms with E-state index in [0.29, 0.717) is 24.1 Å². The van der Waals surface area contributed by atoms with E-state index in [2.05, 4.69) is 18.3 Å². The van der Waals surface area contributed by atoms with Crippen LogP contribution in [0.3, 0.4) is 0 Å². The van der Waals surface area contributed by atoms with Crippen molar-refractivity contribution in [2.75, 3.05) is 5.32 Å². The molecule has 0 atom stereocenters. The standard InChI is InChI=1S/C14H14N2O3S/c1-2-11-5-6-20-14(11)8-15-12-4-3-10(9-17)7-13(12)16(18)19/h3-7,9,15H,2,8H2,1H3. The summed E-state index contributed by atoms with van der Waals surface area (Å²) in [5, 5.41) is 16.1. The molecule has 0 aliphatic heterocycles. The second-order valence-corrected chi connectivity index (χ2v) is 5.23. The van der Waals surface area contributed by atoms with Gasteiger partial charge >= 0.3 is 0 Å². The predicted octanol–water partition coefficient (Wildman–Crippen LogP) is 3.64. The summed E-state index contributed by atoms with van der Waals surface area (Å²) in [5.41, 5.74) is 1.89. The van der Waals surface area contributed by atoms with Crippen molar-refractivity contribution in [3.8, 4) is 0 Å². The zero-order valence-corrected chi connectivity index (χ0v) is 11.8. The topological polar surface area (TPSA) is 72.2 Å². The molecule has 0 bridgehead atoms. The smallest absolute Gasteiger partial charge is 0.293 e. The van der Waals surface area contributed by atoms with E-state index in [1.54, 1.807) is 23.5 Å². The summed E-state index contributed by atoms with van der Waals surface area (Å²) in [4.78, 5) is 22.4. The molecule has 20 heavy (non-hydrogen) atoms. The highest BCUT2D eigenvalue weighted by molar-refractivity contribution is 7.10. The normalized spacial score (nSPS) is 10.2. The fourth-order valence-corrected chi connectivity index (χ4v) is 2.85. The Morgan fingerprint density at radius 3 is 2.85 bits per heavy atom. The van der Waals surface area contributed by atoms with Gasteiger partial charge in [-0.2, -0.15) is 0 Å². The van der Waals surface area contributed by atoms with Crippen molar-refractivity contribution in [3.05, 3.63) is 55.8 Å². The van der Waals surface area contributed by atoms with Crippen LogP contribution in [0.2, 0.25) is 0 Å². The molecule has 0 aliphatic rings. The van der Waals surface area contributed by atoms with Crippen molar-refractivity contribution in [1.82, 2.24) is 0 Å². The van der Waals surface area contributed by atoms with Crippen LogP contribution in [-0.2, 0) is 13.0 Å². The van der Waals surface area contributed by atoms with Crippen molar-refractivity contribution >= 4 is 29.0 Å². The minimum Gasteiger partial charge on any atom is -0.375 e. The van der Waals surface area contributed by atoms with Gasteiger partial charge in [0.15, 0.2) is 0 Å². The number of aryl methyl sites for hydroxylation is 1. The number of hydrogen-bond acceptors (Lipinski definition) is 5. The summed E-state index contributed by atoms with van der Waals surface area (Å²) in [6.07, 6.45) is 1.54. The van der Waals surface area contributed by atoms with E-state index >= 15 is 0 Å². The van der Waals surface area contributed by atoms with Gasteiger partial charge in [-0.1, -0.05) is 6.92 Å². The van der Waals surface area contributed by atoms with Crippen molar-refractivity contribution in [3.63, 3.8) is 0 Å². The molecule has 0 unspecified atom stereocenters. The van der Waals surface area contributed by atoms with Crippen LogP contribution in [0.5, 0.6) is 0 Å². The van der Waals surface area contributed by atoms with Crippen LogP contribution >= 0.6 is 11.3 Å². The first-order valence-corrected chi connectivity index (χ1v) is 7.06. The number of nitrogens with one attached hydrogen (secondary N) is 1. The van der Waals surface area contributed by atoms with Crippen LogP contribution in [0.1, 0.15) is 27.7 Å². The summed E-state index contributed by atoms with van der Waals surface area (Å²) in [6, 6.07) is 6.48. The van der Waals surface area contributed by atoms with E-state index in [-0.39, 0.29) is 5.69 Å². The molecule has 0 aliphatic carbocycles. The quantitative estimate of drug-likeness (QED) is 0.501. The number of anilines is 1. The highest BCUT2D eigenvalue weighted by atomic mass is 32.1. The Hall–Kier alpha value is -2.21.